The van der Waals surface area contributed by atoms with Gasteiger partial charge in [-0.05, 0) is 12.1 Å². The highest BCUT2D eigenvalue weighted by Gasteiger charge is 2.22. The van der Waals surface area contributed by atoms with Crippen molar-refractivity contribution in [1.29, 1.82) is 0 Å². The molecule has 0 radical (unpaired) electrons. The molecule has 1 atom stereocenters. The molecule has 3 nitrogen and oxygen atoms in total. The summed E-state index contributed by atoms with van der Waals surface area (Å²) >= 11 is 0. The molecule has 0 saturated carbocycles. The van der Waals surface area contributed by atoms with E-state index >= 15 is 0 Å². The number of likely N-dealkylation sites (N-methyl/N-ethyl adjacent to an activating group) is 1. The van der Waals surface area contributed by atoms with E-state index in [9.17, 15) is 4.39 Å². The van der Waals surface area contributed by atoms with Crippen molar-refractivity contribution < 1.29 is 14.5 Å². The molecule has 2 rings (SSSR count). The molecule has 0 aromatic heterocycles. The predicted octanol–water partition coefficient (Wildman–Crippen LogP) is 0.512. The van der Waals surface area contributed by atoms with Gasteiger partial charge in [-0.25, -0.2) is 4.39 Å². The van der Waals surface area contributed by atoms with Crippen molar-refractivity contribution >= 4 is 5.71 Å². The van der Waals surface area contributed by atoms with Gasteiger partial charge in [0.1, 0.15) is 12.4 Å². The van der Waals surface area contributed by atoms with Crippen molar-refractivity contribution in [2.45, 2.75) is 12.5 Å². The molecular weight excluding hydrogens is 195 g/mol. The minimum atomic E-state index is -0.235. The SMILES string of the molecule is C[NH2+]C[C@@H]1CC(c2cccc(F)c2)=NO1. The molecule has 1 aliphatic rings. The van der Waals surface area contributed by atoms with Gasteiger partial charge in [0, 0.05) is 12.0 Å². The number of rotatable bonds is 3. The molecule has 15 heavy (non-hydrogen) atoms. The van der Waals surface area contributed by atoms with Gasteiger partial charge in [0.2, 0.25) is 0 Å². The van der Waals surface area contributed by atoms with Gasteiger partial charge in [0.15, 0.2) is 6.10 Å². The second kappa shape index (κ2) is 4.40. The van der Waals surface area contributed by atoms with E-state index in [1.807, 2.05) is 13.1 Å². The molecule has 1 heterocycles. The van der Waals surface area contributed by atoms with Crippen LogP contribution in [0.4, 0.5) is 4.39 Å². The van der Waals surface area contributed by atoms with E-state index in [4.69, 9.17) is 4.84 Å². The van der Waals surface area contributed by atoms with Crippen LogP contribution >= 0.6 is 0 Å². The highest BCUT2D eigenvalue weighted by molar-refractivity contribution is 6.01. The zero-order valence-corrected chi connectivity index (χ0v) is 8.61. The highest BCUT2D eigenvalue weighted by Crippen LogP contribution is 2.16. The van der Waals surface area contributed by atoms with Crippen molar-refractivity contribution in [3.63, 3.8) is 0 Å². The number of benzene rings is 1. The Morgan fingerprint density at radius 2 is 2.47 bits per heavy atom. The summed E-state index contributed by atoms with van der Waals surface area (Å²) in [4.78, 5) is 5.23. The van der Waals surface area contributed by atoms with Gasteiger partial charge >= 0.3 is 0 Å². The summed E-state index contributed by atoms with van der Waals surface area (Å²) in [5, 5.41) is 6.03. The molecule has 1 aliphatic heterocycles. The van der Waals surface area contributed by atoms with Crippen molar-refractivity contribution in [3.05, 3.63) is 35.6 Å². The molecule has 0 unspecified atom stereocenters. The van der Waals surface area contributed by atoms with Crippen LogP contribution in [0.15, 0.2) is 29.4 Å². The van der Waals surface area contributed by atoms with Gasteiger partial charge in [-0.2, -0.15) is 0 Å². The highest BCUT2D eigenvalue weighted by atomic mass is 19.1. The van der Waals surface area contributed by atoms with E-state index < -0.39 is 0 Å². The monoisotopic (exact) mass is 209 g/mol. The van der Waals surface area contributed by atoms with Gasteiger partial charge in [-0.1, -0.05) is 17.3 Å². The Kier molecular flexibility index (Phi) is 2.97. The fourth-order valence-corrected chi connectivity index (χ4v) is 1.66. The third-order valence-corrected chi connectivity index (χ3v) is 2.39. The molecule has 0 aliphatic carbocycles. The number of hydrogen-bond donors (Lipinski definition) is 1. The maximum Gasteiger partial charge on any atom is 0.181 e. The summed E-state index contributed by atoms with van der Waals surface area (Å²) in [6.45, 7) is 0.877. The molecule has 1 aromatic rings. The predicted molar refractivity (Wildman–Crippen MR) is 55.1 cm³/mol. The van der Waals surface area contributed by atoms with E-state index in [1.165, 1.54) is 12.1 Å². The van der Waals surface area contributed by atoms with Crippen LogP contribution in [0, 0.1) is 5.82 Å². The quantitative estimate of drug-likeness (QED) is 0.774. The maximum absolute atomic E-state index is 13.0. The summed E-state index contributed by atoms with van der Waals surface area (Å²) in [7, 11) is 1.99. The average molecular weight is 209 g/mol. The largest absolute Gasteiger partial charge is 0.386 e. The Morgan fingerprint density at radius 1 is 1.60 bits per heavy atom. The molecule has 0 bridgehead atoms. The minimum absolute atomic E-state index is 0.119. The smallest absolute Gasteiger partial charge is 0.181 e. The first-order valence-electron chi connectivity index (χ1n) is 5.06. The van der Waals surface area contributed by atoms with Crippen LogP contribution < -0.4 is 5.32 Å². The first kappa shape index (κ1) is 10.1. The second-order valence-corrected chi connectivity index (χ2v) is 3.62. The molecule has 0 amide bonds. The third kappa shape index (κ3) is 2.33. The third-order valence-electron chi connectivity index (χ3n) is 2.39. The van der Waals surface area contributed by atoms with Gasteiger partial charge in [0.25, 0.3) is 0 Å². The summed E-state index contributed by atoms with van der Waals surface area (Å²) in [5.74, 6) is -0.235. The second-order valence-electron chi connectivity index (χ2n) is 3.62. The van der Waals surface area contributed by atoms with Crippen LogP contribution in [0.1, 0.15) is 12.0 Å². The number of oxime groups is 1. The van der Waals surface area contributed by atoms with Gasteiger partial charge in [0.05, 0.1) is 12.8 Å². The zero-order chi connectivity index (χ0) is 10.7. The van der Waals surface area contributed by atoms with Crippen LogP contribution in [0.3, 0.4) is 0 Å². The van der Waals surface area contributed by atoms with Gasteiger partial charge in [-0.3, -0.25) is 0 Å². The summed E-state index contributed by atoms with van der Waals surface area (Å²) in [6, 6.07) is 6.45. The number of hydrogen-bond acceptors (Lipinski definition) is 2. The van der Waals surface area contributed by atoms with Crippen LogP contribution in [-0.2, 0) is 4.84 Å². The molecule has 2 N–H and O–H groups in total. The standard InChI is InChI=1S/C11H13FN2O/c1-13-7-10-6-11(14-15-10)8-3-2-4-9(12)5-8/h2-5,10,13H,6-7H2,1H3/p+1/t10-/m0/s1. The first-order valence-corrected chi connectivity index (χ1v) is 5.06. The van der Waals surface area contributed by atoms with Crippen molar-refractivity contribution in [1.82, 2.24) is 0 Å². The Bertz CT molecular complexity index is 379. The van der Waals surface area contributed by atoms with Crippen molar-refractivity contribution in [3.8, 4) is 0 Å². The summed E-state index contributed by atoms with van der Waals surface area (Å²) < 4.78 is 13.0. The average Bonchev–Trinajstić information content (AvgIpc) is 2.67. The van der Waals surface area contributed by atoms with Crippen LogP contribution in [0.25, 0.3) is 0 Å². The number of quaternary nitrogens is 1. The number of halogens is 1. The lowest BCUT2D eigenvalue weighted by Gasteiger charge is -2.03. The Balaban J connectivity index is 2.07. The number of nitrogens with zero attached hydrogens (tertiary/aromatic N) is 1. The first-order chi connectivity index (χ1) is 7.29. The van der Waals surface area contributed by atoms with E-state index in [-0.39, 0.29) is 11.9 Å². The Labute approximate surface area is 87.9 Å². The lowest BCUT2D eigenvalue weighted by Crippen LogP contribution is -2.82. The van der Waals surface area contributed by atoms with Crippen molar-refractivity contribution in [2.75, 3.05) is 13.6 Å². The molecule has 0 spiro atoms. The lowest BCUT2D eigenvalue weighted by atomic mass is 10.1. The number of nitrogens with two attached hydrogens (primary N) is 1. The molecular formula is C11H14FN2O+. The topological polar surface area (TPSA) is 38.2 Å². The molecule has 0 fully saturated rings. The van der Waals surface area contributed by atoms with Gasteiger partial charge < -0.3 is 10.2 Å². The zero-order valence-electron chi connectivity index (χ0n) is 8.61. The molecule has 0 saturated heterocycles. The van der Waals surface area contributed by atoms with E-state index in [0.29, 0.717) is 0 Å². The maximum atomic E-state index is 13.0. The van der Waals surface area contributed by atoms with Crippen molar-refractivity contribution in [2.24, 2.45) is 5.16 Å². The summed E-state index contributed by atoms with van der Waals surface area (Å²) in [5.41, 5.74) is 1.65. The Hall–Kier alpha value is -1.42. The fourth-order valence-electron chi connectivity index (χ4n) is 1.66. The summed E-state index contributed by atoms with van der Waals surface area (Å²) in [6.07, 6.45) is 0.876. The minimum Gasteiger partial charge on any atom is -0.386 e. The van der Waals surface area contributed by atoms with Crippen LogP contribution in [-0.4, -0.2) is 25.4 Å². The van der Waals surface area contributed by atoms with E-state index in [0.717, 1.165) is 24.2 Å². The molecule has 4 heteroatoms. The van der Waals surface area contributed by atoms with E-state index in [1.54, 1.807) is 6.07 Å². The Morgan fingerprint density at radius 3 is 3.20 bits per heavy atom. The van der Waals surface area contributed by atoms with Crippen LogP contribution in [0.2, 0.25) is 0 Å². The van der Waals surface area contributed by atoms with Crippen LogP contribution in [0.5, 0.6) is 0 Å². The van der Waals surface area contributed by atoms with Gasteiger partial charge in [-0.15, -0.1) is 0 Å². The molecule has 80 valence electrons. The fraction of sp³-hybridized carbons (Fsp3) is 0.364. The van der Waals surface area contributed by atoms with E-state index in [2.05, 4.69) is 10.5 Å². The molecule has 1 aromatic carbocycles. The normalized spacial score (nSPS) is 19.9. The lowest BCUT2D eigenvalue weighted by molar-refractivity contribution is -0.633.